The van der Waals surface area contributed by atoms with E-state index in [-0.39, 0.29) is 19.4 Å². The van der Waals surface area contributed by atoms with Crippen molar-refractivity contribution in [2.45, 2.75) is 25.1 Å². The van der Waals surface area contributed by atoms with Crippen LogP contribution in [0.5, 0.6) is 0 Å². The Balaban J connectivity index is 3.45. The van der Waals surface area contributed by atoms with Gasteiger partial charge in [-0.1, -0.05) is 0 Å². The zero-order valence-electron chi connectivity index (χ0n) is 6.16. The van der Waals surface area contributed by atoms with Crippen LogP contribution >= 0.6 is 0 Å². The van der Waals surface area contributed by atoms with E-state index in [1.54, 1.807) is 0 Å². The van der Waals surface area contributed by atoms with Crippen LogP contribution in [-0.4, -0.2) is 29.8 Å². The lowest BCUT2D eigenvalue weighted by Gasteiger charge is -2.07. The highest BCUT2D eigenvalue weighted by atomic mass is 19.1. The molecule has 66 valence electrons. The molecule has 0 heterocycles. The lowest BCUT2D eigenvalue weighted by molar-refractivity contribution is -0.138. The van der Waals surface area contributed by atoms with E-state index >= 15 is 0 Å². The number of carboxylic acids is 1. The SMILES string of the molecule is NCC(F)CC[C@@H](N)C(=O)O. The fraction of sp³-hybridized carbons (Fsp3) is 0.833. The zero-order valence-corrected chi connectivity index (χ0v) is 6.16. The van der Waals surface area contributed by atoms with Crippen LogP contribution in [0.2, 0.25) is 0 Å². The Labute approximate surface area is 64.4 Å². The molecule has 0 aromatic heterocycles. The molecule has 1 unspecified atom stereocenters. The molecule has 0 aliphatic heterocycles. The molecule has 0 amide bonds. The Bertz CT molecular complexity index is 132. The third kappa shape index (κ3) is 4.69. The second-order valence-corrected chi connectivity index (χ2v) is 2.36. The second-order valence-electron chi connectivity index (χ2n) is 2.36. The van der Waals surface area contributed by atoms with Crippen LogP contribution in [0.15, 0.2) is 0 Å². The number of aliphatic carboxylic acids is 1. The summed E-state index contributed by atoms with van der Waals surface area (Å²) in [6.45, 7) is -0.0770. The summed E-state index contributed by atoms with van der Waals surface area (Å²) in [5.41, 5.74) is 10.1. The van der Waals surface area contributed by atoms with Crippen LogP contribution in [0, 0.1) is 0 Å². The van der Waals surface area contributed by atoms with Gasteiger partial charge >= 0.3 is 5.97 Å². The molecule has 4 nitrogen and oxygen atoms in total. The monoisotopic (exact) mass is 164 g/mol. The van der Waals surface area contributed by atoms with E-state index in [1.165, 1.54) is 0 Å². The van der Waals surface area contributed by atoms with Crippen LogP contribution in [0.1, 0.15) is 12.8 Å². The van der Waals surface area contributed by atoms with Gasteiger partial charge in [-0.25, -0.2) is 4.39 Å². The molecule has 0 radical (unpaired) electrons. The maximum atomic E-state index is 12.4. The van der Waals surface area contributed by atoms with E-state index in [4.69, 9.17) is 16.6 Å². The van der Waals surface area contributed by atoms with E-state index in [0.717, 1.165) is 0 Å². The first kappa shape index (κ1) is 10.3. The average Bonchev–Trinajstić information content (AvgIpc) is 1.99. The summed E-state index contributed by atoms with van der Waals surface area (Å²) in [5.74, 6) is -1.10. The van der Waals surface area contributed by atoms with Gasteiger partial charge in [-0.05, 0) is 12.8 Å². The normalized spacial score (nSPS) is 15.9. The number of hydrogen-bond acceptors (Lipinski definition) is 3. The van der Waals surface area contributed by atoms with Crippen LogP contribution in [-0.2, 0) is 4.79 Å². The molecule has 2 atom stereocenters. The molecule has 0 aromatic rings. The maximum Gasteiger partial charge on any atom is 0.320 e. The molecule has 11 heavy (non-hydrogen) atoms. The van der Waals surface area contributed by atoms with Gasteiger partial charge in [0.1, 0.15) is 12.2 Å². The van der Waals surface area contributed by atoms with Gasteiger partial charge in [-0.3, -0.25) is 4.79 Å². The molecular weight excluding hydrogens is 151 g/mol. The summed E-state index contributed by atoms with van der Waals surface area (Å²) in [6, 6.07) is -0.972. The standard InChI is InChI=1S/C6H13FN2O2/c7-4(3-8)1-2-5(9)6(10)11/h4-5H,1-3,8-9H2,(H,10,11)/t4?,5-/m1/s1. The first-order valence-electron chi connectivity index (χ1n) is 3.40. The van der Waals surface area contributed by atoms with Crippen molar-refractivity contribution in [2.75, 3.05) is 6.54 Å². The molecule has 5 heteroatoms. The van der Waals surface area contributed by atoms with Gasteiger partial charge in [0.25, 0.3) is 0 Å². The topological polar surface area (TPSA) is 89.3 Å². The lowest BCUT2D eigenvalue weighted by atomic mass is 10.1. The van der Waals surface area contributed by atoms with E-state index in [0.29, 0.717) is 0 Å². The van der Waals surface area contributed by atoms with Crippen molar-refractivity contribution >= 4 is 5.97 Å². The number of rotatable bonds is 5. The summed E-state index contributed by atoms with van der Waals surface area (Å²) in [4.78, 5) is 10.1. The minimum Gasteiger partial charge on any atom is -0.480 e. The summed E-state index contributed by atoms with van der Waals surface area (Å²) in [7, 11) is 0. The van der Waals surface area contributed by atoms with Gasteiger partial charge in [-0.15, -0.1) is 0 Å². The molecule has 0 aromatic carbocycles. The van der Waals surface area contributed by atoms with Crippen LogP contribution < -0.4 is 11.5 Å². The van der Waals surface area contributed by atoms with Crippen LogP contribution in [0.25, 0.3) is 0 Å². The number of alkyl halides is 1. The first-order chi connectivity index (χ1) is 5.07. The van der Waals surface area contributed by atoms with Crippen molar-refractivity contribution in [1.82, 2.24) is 0 Å². The molecule has 0 aliphatic rings. The van der Waals surface area contributed by atoms with E-state index in [2.05, 4.69) is 0 Å². The minimum atomic E-state index is -1.14. The van der Waals surface area contributed by atoms with Crippen molar-refractivity contribution in [3.05, 3.63) is 0 Å². The van der Waals surface area contributed by atoms with Gasteiger partial charge in [0.2, 0.25) is 0 Å². The smallest absolute Gasteiger partial charge is 0.320 e. The van der Waals surface area contributed by atoms with Crippen LogP contribution in [0.4, 0.5) is 4.39 Å². The molecule has 0 spiro atoms. The minimum absolute atomic E-state index is 0.0770. The molecule has 5 N–H and O–H groups in total. The number of halogens is 1. The molecule has 0 aliphatic carbocycles. The Hall–Kier alpha value is -0.680. The summed E-state index contributed by atoms with van der Waals surface area (Å²) in [6.07, 6.45) is -0.891. The first-order valence-corrected chi connectivity index (χ1v) is 3.40. The highest BCUT2D eigenvalue weighted by molar-refractivity contribution is 5.72. The van der Waals surface area contributed by atoms with Crippen LogP contribution in [0.3, 0.4) is 0 Å². The van der Waals surface area contributed by atoms with Gasteiger partial charge in [-0.2, -0.15) is 0 Å². The lowest BCUT2D eigenvalue weighted by Crippen LogP contribution is -2.31. The fourth-order valence-electron chi connectivity index (χ4n) is 0.602. The molecular formula is C6H13FN2O2. The Morgan fingerprint density at radius 1 is 1.55 bits per heavy atom. The summed E-state index contributed by atoms with van der Waals surface area (Å²) >= 11 is 0. The molecule has 0 fully saturated rings. The summed E-state index contributed by atoms with van der Waals surface area (Å²) in [5, 5.41) is 8.29. The highest BCUT2D eigenvalue weighted by Gasteiger charge is 2.13. The third-order valence-electron chi connectivity index (χ3n) is 1.36. The molecule has 0 saturated heterocycles. The molecule has 0 bridgehead atoms. The largest absolute Gasteiger partial charge is 0.480 e. The van der Waals surface area contributed by atoms with Crippen molar-refractivity contribution < 1.29 is 14.3 Å². The van der Waals surface area contributed by atoms with Crippen molar-refractivity contribution in [2.24, 2.45) is 11.5 Å². The number of nitrogens with two attached hydrogens (primary N) is 2. The predicted octanol–water partition coefficient (Wildman–Crippen LogP) is -0.525. The van der Waals surface area contributed by atoms with E-state index < -0.39 is 18.2 Å². The number of hydrogen-bond donors (Lipinski definition) is 3. The Morgan fingerprint density at radius 3 is 2.45 bits per heavy atom. The van der Waals surface area contributed by atoms with E-state index in [9.17, 15) is 9.18 Å². The van der Waals surface area contributed by atoms with Gasteiger partial charge in [0.05, 0.1) is 0 Å². The quantitative estimate of drug-likeness (QED) is 0.509. The zero-order chi connectivity index (χ0) is 8.85. The third-order valence-corrected chi connectivity index (χ3v) is 1.36. The fourth-order valence-corrected chi connectivity index (χ4v) is 0.602. The molecule has 0 saturated carbocycles. The van der Waals surface area contributed by atoms with Crippen molar-refractivity contribution in [3.8, 4) is 0 Å². The van der Waals surface area contributed by atoms with Gasteiger partial charge < -0.3 is 16.6 Å². The number of carbonyl (C=O) groups is 1. The summed E-state index contributed by atoms with van der Waals surface area (Å²) < 4.78 is 12.4. The van der Waals surface area contributed by atoms with Gasteiger partial charge in [0, 0.05) is 6.54 Å². The molecule has 0 rings (SSSR count). The van der Waals surface area contributed by atoms with Crippen molar-refractivity contribution in [3.63, 3.8) is 0 Å². The highest BCUT2D eigenvalue weighted by Crippen LogP contribution is 2.02. The number of carboxylic acid groups (broad SMARTS) is 1. The maximum absolute atomic E-state index is 12.4. The van der Waals surface area contributed by atoms with Gasteiger partial charge in [0.15, 0.2) is 0 Å². The average molecular weight is 164 g/mol. The second kappa shape index (κ2) is 5.03. The Kier molecular flexibility index (Phi) is 4.72. The van der Waals surface area contributed by atoms with Crippen molar-refractivity contribution in [1.29, 1.82) is 0 Å². The Morgan fingerprint density at radius 2 is 2.09 bits per heavy atom. The van der Waals surface area contributed by atoms with E-state index in [1.807, 2.05) is 0 Å². The predicted molar refractivity (Wildman–Crippen MR) is 38.8 cm³/mol.